The number of nitrogens with two attached hydrogens (primary N) is 1. The second-order valence-electron chi connectivity index (χ2n) is 2.27. The molecule has 66 valence electrons. The number of carbonyl (C=O) groups is 1. The summed E-state index contributed by atoms with van der Waals surface area (Å²) in [6.45, 7) is 3.04. The van der Waals surface area contributed by atoms with E-state index in [4.69, 9.17) is 15.6 Å². The number of carboxylic acids is 1. The standard InChI is InChI=1S/C7H15NO3/c1-2-11-5-6(3-4-8)7(9)10/h6H,2-5,8H2,1H3,(H,9,10). The molecule has 0 aromatic heterocycles. The average molecular weight is 161 g/mol. The number of hydrogen-bond acceptors (Lipinski definition) is 3. The molecule has 0 saturated carbocycles. The number of rotatable bonds is 6. The van der Waals surface area contributed by atoms with Gasteiger partial charge in [-0.3, -0.25) is 4.79 Å². The summed E-state index contributed by atoms with van der Waals surface area (Å²) in [6, 6.07) is 0. The van der Waals surface area contributed by atoms with Gasteiger partial charge in [0.05, 0.1) is 12.5 Å². The predicted molar refractivity (Wildman–Crippen MR) is 41.3 cm³/mol. The third-order valence-corrected chi connectivity index (χ3v) is 1.39. The van der Waals surface area contributed by atoms with Gasteiger partial charge < -0.3 is 15.6 Å². The third-order valence-electron chi connectivity index (χ3n) is 1.39. The van der Waals surface area contributed by atoms with Crippen molar-refractivity contribution in [2.45, 2.75) is 13.3 Å². The van der Waals surface area contributed by atoms with E-state index >= 15 is 0 Å². The smallest absolute Gasteiger partial charge is 0.308 e. The first-order valence-corrected chi connectivity index (χ1v) is 3.73. The number of ether oxygens (including phenoxy) is 1. The molecule has 1 atom stereocenters. The topological polar surface area (TPSA) is 72.5 Å². The molecule has 3 N–H and O–H groups in total. The lowest BCUT2D eigenvalue weighted by molar-refractivity contribution is -0.144. The quantitative estimate of drug-likeness (QED) is 0.578. The highest BCUT2D eigenvalue weighted by Gasteiger charge is 2.15. The van der Waals surface area contributed by atoms with Crippen LogP contribution in [0.25, 0.3) is 0 Å². The van der Waals surface area contributed by atoms with Gasteiger partial charge in [0.2, 0.25) is 0 Å². The monoisotopic (exact) mass is 161 g/mol. The molecule has 0 aromatic rings. The van der Waals surface area contributed by atoms with Gasteiger partial charge in [0.1, 0.15) is 0 Å². The second kappa shape index (κ2) is 6.12. The minimum Gasteiger partial charge on any atom is -0.481 e. The lowest BCUT2D eigenvalue weighted by Gasteiger charge is -2.09. The first-order valence-electron chi connectivity index (χ1n) is 3.73. The number of hydrogen-bond donors (Lipinski definition) is 2. The zero-order valence-electron chi connectivity index (χ0n) is 6.75. The van der Waals surface area contributed by atoms with E-state index in [1.807, 2.05) is 6.92 Å². The van der Waals surface area contributed by atoms with Crippen LogP contribution in [0.15, 0.2) is 0 Å². The second-order valence-corrected chi connectivity index (χ2v) is 2.27. The van der Waals surface area contributed by atoms with Crippen LogP contribution in [-0.2, 0) is 9.53 Å². The number of carboxylic acid groups (broad SMARTS) is 1. The van der Waals surface area contributed by atoms with Gasteiger partial charge in [0, 0.05) is 6.61 Å². The van der Waals surface area contributed by atoms with E-state index in [0.29, 0.717) is 19.6 Å². The van der Waals surface area contributed by atoms with E-state index in [1.165, 1.54) is 0 Å². The lowest BCUT2D eigenvalue weighted by atomic mass is 10.1. The zero-order valence-corrected chi connectivity index (χ0v) is 6.75. The normalized spacial score (nSPS) is 12.9. The molecule has 0 rings (SSSR count). The Balaban J connectivity index is 3.60. The largest absolute Gasteiger partial charge is 0.481 e. The fourth-order valence-corrected chi connectivity index (χ4v) is 0.739. The fourth-order valence-electron chi connectivity index (χ4n) is 0.739. The first-order chi connectivity index (χ1) is 5.22. The van der Waals surface area contributed by atoms with E-state index in [0.717, 1.165) is 0 Å². The van der Waals surface area contributed by atoms with Crippen LogP contribution in [0.4, 0.5) is 0 Å². The molecule has 0 fully saturated rings. The third kappa shape index (κ3) is 4.75. The van der Waals surface area contributed by atoms with Gasteiger partial charge in [-0.25, -0.2) is 0 Å². The Hall–Kier alpha value is -0.610. The Morgan fingerprint density at radius 2 is 2.36 bits per heavy atom. The fraction of sp³-hybridized carbons (Fsp3) is 0.857. The molecule has 0 bridgehead atoms. The van der Waals surface area contributed by atoms with Crippen LogP contribution in [0.5, 0.6) is 0 Å². The summed E-state index contributed by atoms with van der Waals surface area (Å²) in [5, 5.41) is 8.60. The Kier molecular flexibility index (Phi) is 5.78. The summed E-state index contributed by atoms with van der Waals surface area (Å²) in [7, 11) is 0. The average Bonchev–Trinajstić information content (AvgIpc) is 1.97. The highest BCUT2D eigenvalue weighted by atomic mass is 16.5. The van der Waals surface area contributed by atoms with Crippen molar-refractivity contribution in [2.24, 2.45) is 11.7 Å². The minimum absolute atomic E-state index is 0.267. The van der Waals surface area contributed by atoms with Gasteiger partial charge in [-0.05, 0) is 19.9 Å². The van der Waals surface area contributed by atoms with E-state index in [9.17, 15) is 4.79 Å². The van der Waals surface area contributed by atoms with E-state index in [1.54, 1.807) is 0 Å². The highest BCUT2D eigenvalue weighted by molar-refractivity contribution is 5.70. The molecule has 0 aliphatic carbocycles. The molecule has 0 spiro atoms. The van der Waals surface area contributed by atoms with Crippen molar-refractivity contribution < 1.29 is 14.6 Å². The van der Waals surface area contributed by atoms with Gasteiger partial charge in [-0.15, -0.1) is 0 Å². The van der Waals surface area contributed by atoms with E-state index in [-0.39, 0.29) is 6.61 Å². The van der Waals surface area contributed by atoms with Crippen molar-refractivity contribution in [3.63, 3.8) is 0 Å². The van der Waals surface area contributed by atoms with Gasteiger partial charge in [-0.2, -0.15) is 0 Å². The molecule has 1 unspecified atom stereocenters. The number of aliphatic carboxylic acids is 1. The molecule has 0 radical (unpaired) electrons. The van der Waals surface area contributed by atoms with Gasteiger partial charge in [0.15, 0.2) is 0 Å². The summed E-state index contributed by atoms with van der Waals surface area (Å²) < 4.78 is 4.97. The summed E-state index contributed by atoms with van der Waals surface area (Å²) >= 11 is 0. The van der Waals surface area contributed by atoms with Crippen molar-refractivity contribution in [2.75, 3.05) is 19.8 Å². The molecule has 0 aromatic carbocycles. The Morgan fingerprint density at radius 1 is 1.73 bits per heavy atom. The SMILES string of the molecule is CCOCC(CCN)C(=O)O. The van der Waals surface area contributed by atoms with Crippen LogP contribution in [0, 0.1) is 5.92 Å². The Bertz CT molecular complexity index is 116. The first kappa shape index (κ1) is 10.4. The van der Waals surface area contributed by atoms with Crippen molar-refractivity contribution >= 4 is 5.97 Å². The van der Waals surface area contributed by atoms with Crippen molar-refractivity contribution in [3.05, 3.63) is 0 Å². The molecular weight excluding hydrogens is 146 g/mol. The molecule has 4 nitrogen and oxygen atoms in total. The Labute approximate surface area is 66.3 Å². The maximum Gasteiger partial charge on any atom is 0.308 e. The molecular formula is C7H15NO3. The molecule has 4 heteroatoms. The molecule has 0 heterocycles. The van der Waals surface area contributed by atoms with Crippen LogP contribution in [0.1, 0.15) is 13.3 Å². The highest BCUT2D eigenvalue weighted by Crippen LogP contribution is 2.02. The van der Waals surface area contributed by atoms with Crippen LogP contribution in [-0.4, -0.2) is 30.8 Å². The maximum absolute atomic E-state index is 10.5. The van der Waals surface area contributed by atoms with E-state index < -0.39 is 11.9 Å². The van der Waals surface area contributed by atoms with E-state index in [2.05, 4.69) is 0 Å². The van der Waals surface area contributed by atoms with Crippen LogP contribution in [0.3, 0.4) is 0 Å². The minimum atomic E-state index is -0.830. The lowest BCUT2D eigenvalue weighted by Crippen LogP contribution is -2.22. The molecule has 0 amide bonds. The van der Waals surface area contributed by atoms with Crippen molar-refractivity contribution in [1.29, 1.82) is 0 Å². The molecule has 11 heavy (non-hydrogen) atoms. The predicted octanol–water partition coefficient (Wildman–Crippen LogP) is 0.0725. The summed E-state index contributed by atoms with van der Waals surface area (Å²) in [5.41, 5.74) is 5.22. The van der Waals surface area contributed by atoms with Crippen molar-refractivity contribution in [3.8, 4) is 0 Å². The molecule has 0 aliphatic heterocycles. The summed E-state index contributed by atoms with van der Waals surface area (Å²) in [6.07, 6.45) is 0.481. The Morgan fingerprint density at radius 3 is 2.73 bits per heavy atom. The van der Waals surface area contributed by atoms with Gasteiger partial charge in [-0.1, -0.05) is 0 Å². The van der Waals surface area contributed by atoms with Crippen LogP contribution >= 0.6 is 0 Å². The van der Waals surface area contributed by atoms with Gasteiger partial charge in [0.25, 0.3) is 0 Å². The summed E-state index contributed by atoms with van der Waals surface area (Å²) in [5.74, 6) is -1.27. The van der Waals surface area contributed by atoms with Gasteiger partial charge >= 0.3 is 5.97 Å². The molecule has 0 aliphatic rings. The zero-order chi connectivity index (χ0) is 8.69. The summed E-state index contributed by atoms with van der Waals surface area (Å²) in [4.78, 5) is 10.5. The van der Waals surface area contributed by atoms with Crippen molar-refractivity contribution in [1.82, 2.24) is 0 Å². The van der Waals surface area contributed by atoms with Crippen LogP contribution in [0.2, 0.25) is 0 Å². The molecule has 0 saturated heterocycles. The van der Waals surface area contributed by atoms with Crippen LogP contribution < -0.4 is 5.73 Å². The maximum atomic E-state index is 10.5.